The lowest BCUT2D eigenvalue weighted by atomic mass is 9.82. The van der Waals surface area contributed by atoms with Crippen molar-refractivity contribution in [3.8, 4) is 0 Å². The molecule has 122 valence electrons. The molecule has 1 aromatic heterocycles. The number of nitrogens with one attached hydrogen (secondary N) is 1. The molecular formula is C18H23N3O2. The third-order valence-corrected chi connectivity index (χ3v) is 4.69. The second-order valence-electron chi connectivity index (χ2n) is 6.34. The van der Waals surface area contributed by atoms with Crippen LogP contribution in [0.15, 0.2) is 24.3 Å². The second kappa shape index (κ2) is 6.54. The number of carboxylic acids is 1. The zero-order valence-electron chi connectivity index (χ0n) is 13.7. The van der Waals surface area contributed by atoms with E-state index >= 15 is 0 Å². The average molecular weight is 313 g/mol. The van der Waals surface area contributed by atoms with Crippen molar-refractivity contribution in [2.24, 2.45) is 7.05 Å². The van der Waals surface area contributed by atoms with E-state index in [2.05, 4.69) is 16.5 Å². The number of fused-ring (bicyclic) bond motifs is 1. The molecule has 1 aromatic carbocycles. The number of benzene rings is 1. The molecular weight excluding hydrogens is 290 g/mol. The van der Waals surface area contributed by atoms with Crippen LogP contribution in [0.1, 0.15) is 51.6 Å². The number of rotatable bonds is 5. The van der Waals surface area contributed by atoms with Crippen molar-refractivity contribution in [2.45, 2.75) is 38.6 Å². The van der Waals surface area contributed by atoms with Crippen molar-refractivity contribution >= 4 is 5.97 Å². The Kier molecular flexibility index (Phi) is 4.48. The van der Waals surface area contributed by atoms with Crippen LogP contribution >= 0.6 is 0 Å². The van der Waals surface area contributed by atoms with Gasteiger partial charge in [-0.3, -0.25) is 4.68 Å². The van der Waals surface area contributed by atoms with Crippen molar-refractivity contribution in [1.29, 1.82) is 0 Å². The van der Waals surface area contributed by atoms with Gasteiger partial charge in [0.2, 0.25) is 0 Å². The van der Waals surface area contributed by atoms with Crippen LogP contribution in [0.5, 0.6) is 0 Å². The summed E-state index contributed by atoms with van der Waals surface area (Å²) in [6.07, 6.45) is 3.31. The predicted octanol–water partition coefficient (Wildman–Crippen LogP) is 2.64. The third-order valence-electron chi connectivity index (χ3n) is 4.69. The first-order chi connectivity index (χ1) is 11.0. The highest BCUT2D eigenvalue weighted by Crippen LogP contribution is 2.32. The molecule has 0 amide bonds. The van der Waals surface area contributed by atoms with E-state index in [4.69, 9.17) is 0 Å². The Labute approximate surface area is 136 Å². The standard InChI is InChI=1S/C18H23N3O2/c1-12-8-16(20-21(12)2)11-19-10-15-5-3-4-13-6-7-14(18(22)23)9-17(13)15/h6-9,15,19H,3-5,10-11H2,1-2H3,(H,22,23). The highest BCUT2D eigenvalue weighted by molar-refractivity contribution is 5.88. The van der Waals surface area contributed by atoms with Gasteiger partial charge in [-0.2, -0.15) is 5.10 Å². The molecule has 1 unspecified atom stereocenters. The minimum Gasteiger partial charge on any atom is -0.478 e. The molecule has 2 N–H and O–H groups in total. The fraction of sp³-hybridized carbons (Fsp3) is 0.444. The summed E-state index contributed by atoms with van der Waals surface area (Å²) < 4.78 is 1.88. The van der Waals surface area contributed by atoms with E-state index in [1.165, 1.54) is 11.1 Å². The van der Waals surface area contributed by atoms with Crippen LogP contribution in [0.3, 0.4) is 0 Å². The fourth-order valence-corrected chi connectivity index (χ4v) is 3.34. The monoisotopic (exact) mass is 313 g/mol. The molecule has 5 heteroatoms. The van der Waals surface area contributed by atoms with Gasteiger partial charge in [0, 0.05) is 25.8 Å². The zero-order chi connectivity index (χ0) is 16.4. The lowest BCUT2D eigenvalue weighted by molar-refractivity contribution is 0.0696. The summed E-state index contributed by atoms with van der Waals surface area (Å²) in [5, 5.41) is 17.1. The van der Waals surface area contributed by atoms with Crippen LogP contribution in [0.2, 0.25) is 0 Å². The fourth-order valence-electron chi connectivity index (χ4n) is 3.34. The largest absolute Gasteiger partial charge is 0.478 e. The highest BCUT2D eigenvalue weighted by Gasteiger charge is 2.21. The molecule has 2 aromatic rings. The molecule has 0 aliphatic heterocycles. The number of hydrogen-bond acceptors (Lipinski definition) is 3. The van der Waals surface area contributed by atoms with Gasteiger partial charge >= 0.3 is 5.97 Å². The molecule has 0 bridgehead atoms. The van der Waals surface area contributed by atoms with Crippen LogP contribution < -0.4 is 5.32 Å². The van der Waals surface area contributed by atoms with Crippen molar-refractivity contribution in [2.75, 3.05) is 6.54 Å². The molecule has 3 rings (SSSR count). The minimum absolute atomic E-state index is 0.378. The van der Waals surface area contributed by atoms with Gasteiger partial charge in [0.1, 0.15) is 0 Å². The lowest BCUT2D eigenvalue weighted by Crippen LogP contribution is -2.24. The first kappa shape index (κ1) is 15.7. The van der Waals surface area contributed by atoms with Crippen LogP contribution in [0.4, 0.5) is 0 Å². The van der Waals surface area contributed by atoms with Crippen molar-refractivity contribution in [3.63, 3.8) is 0 Å². The number of aryl methyl sites for hydroxylation is 3. The van der Waals surface area contributed by atoms with Crippen LogP contribution in [0.25, 0.3) is 0 Å². The van der Waals surface area contributed by atoms with Crippen molar-refractivity contribution in [1.82, 2.24) is 15.1 Å². The predicted molar refractivity (Wildman–Crippen MR) is 88.7 cm³/mol. The van der Waals surface area contributed by atoms with Gasteiger partial charge in [-0.1, -0.05) is 6.07 Å². The van der Waals surface area contributed by atoms with E-state index in [9.17, 15) is 9.90 Å². The number of aromatic nitrogens is 2. The van der Waals surface area contributed by atoms with Gasteiger partial charge in [-0.25, -0.2) is 4.79 Å². The van der Waals surface area contributed by atoms with Crippen LogP contribution in [-0.2, 0) is 20.0 Å². The van der Waals surface area contributed by atoms with E-state index in [0.717, 1.165) is 43.7 Å². The first-order valence-corrected chi connectivity index (χ1v) is 8.11. The van der Waals surface area contributed by atoms with Gasteiger partial charge in [0.05, 0.1) is 11.3 Å². The van der Waals surface area contributed by atoms with E-state index < -0.39 is 5.97 Å². The van der Waals surface area contributed by atoms with Gasteiger partial charge in [-0.05, 0) is 61.4 Å². The van der Waals surface area contributed by atoms with Crippen molar-refractivity contribution in [3.05, 3.63) is 52.3 Å². The number of carboxylic acid groups (broad SMARTS) is 1. The van der Waals surface area contributed by atoms with Gasteiger partial charge in [-0.15, -0.1) is 0 Å². The molecule has 0 fully saturated rings. The number of aromatic carboxylic acids is 1. The van der Waals surface area contributed by atoms with Crippen LogP contribution in [-0.4, -0.2) is 27.4 Å². The van der Waals surface area contributed by atoms with Crippen LogP contribution in [0, 0.1) is 6.92 Å². The molecule has 0 saturated carbocycles. The SMILES string of the molecule is Cc1cc(CNCC2CCCc3ccc(C(=O)O)cc32)nn1C. The molecule has 1 atom stereocenters. The Bertz CT molecular complexity index is 702. The van der Waals surface area contributed by atoms with E-state index in [-0.39, 0.29) is 0 Å². The molecule has 23 heavy (non-hydrogen) atoms. The van der Waals surface area contributed by atoms with E-state index in [1.807, 2.05) is 30.8 Å². The van der Waals surface area contributed by atoms with Crippen molar-refractivity contribution < 1.29 is 9.90 Å². The summed E-state index contributed by atoms with van der Waals surface area (Å²) in [4.78, 5) is 11.2. The number of hydrogen-bond donors (Lipinski definition) is 2. The van der Waals surface area contributed by atoms with Gasteiger partial charge in [0.25, 0.3) is 0 Å². The molecule has 1 aliphatic rings. The number of carbonyl (C=O) groups is 1. The molecule has 1 aliphatic carbocycles. The topological polar surface area (TPSA) is 67.2 Å². The maximum absolute atomic E-state index is 11.2. The Hall–Kier alpha value is -2.14. The van der Waals surface area contributed by atoms with Gasteiger partial charge < -0.3 is 10.4 Å². The summed E-state index contributed by atoms with van der Waals surface area (Å²) in [6, 6.07) is 7.64. The number of nitrogens with zero attached hydrogens (tertiary/aromatic N) is 2. The maximum Gasteiger partial charge on any atom is 0.335 e. The van der Waals surface area contributed by atoms with E-state index in [1.54, 1.807) is 6.07 Å². The first-order valence-electron chi connectivity index (χ1n) is 8.11. The molecule has 0 spiro atoms. The summed E-state index contributed by atoms with van der Waals surface area (Å²) >= 11 is 0. The molecule has 0 saturated heterocycles. The molecule has 0 radical (unpaired) electrons. The normalized spacial score (nSPS) is 17.0. The smallest absolute Gasteiger partial charge is 0.335 e. The Morgan fingerprint density at radius 1 is 1.43 bits per heavy atom. The Morgan fingerprint density at radius 2 is 2.26 bits per heavy atom. The molecule has 5 nitrogen and oxygen atoms in total. The summed E-state index contributed by atoms with van der Waals surface area (Å²) in [5.74, 6) is -0.475. The summed E-state index contributed by atoms with van der Waals surface area (Å²) in [6.45, 7) is 3.64. The lowest BCUT2D eigenvalue weighted by Gasteiger charge is -2.26. The van der Waals surface area contributed by atoms with Gasteiger partial charge in [0.15, 0.2) is 0 Å². The Balaban J connectivity index is 1.67. The highest BCUT2D eigenvalue weighted by atomic mass is 16.4. The van der Waals surface area contributed by atoms with E-state index in [0.29, 0.717) is 11.5 Å². The zero-order valence-corrected chi connectivity index (χ0v) is 13.7. The second-order valence-corrected chi connectivity index (χ2v) is 6.34. The Morgan fingerprint density at radius 3 is 2.96 bits per heavy atom. The summed E-state index contributed by atoms with van der Waals surface area (Å²) in [7, 11) is 1.95. The maximum atomic E-state index is 11.2. The average Bonchev–Trinajstić information content (AvgIpc) is 2.85. The quantitative estimate of drug-likeness (QED) is 0.890. The summed E-state index contributed by atoms with van der Waals surface area (Å²) in [5.41, 5.74) is 5.06. The minimum atomic E-state index is -0.853. The molecule has 1 heterocycles. The third kappa shape index (κ3) is 3.45.